The van der Waals surface area contributed by atoms with Gasteiger partial charge in [0.25, 0.3) is 0 Å². The fourth-order valence-corrected chi connectivity index (χ4v) is 3.94. The van der Waals surface area contributed by atoms with Crippen molar-refractivity contribution in [2.24, 2.45) is 0 Å². The summed E-state index contributed by atoms with van der Waals surface area (Å²) < 4.78 is 15.3. The van der Waals surface area contributed by atoms with Crippen molar-refractivity contribution in [2.45, 2.75) is 0 Å². The fourth-order valence-electron chi connectivity index (χ4n) is 1.99. The summed E-state index contributed by atoms with van der Waals surface area (Å²) in [7, 11) is 0. The fraction of sp³-hybridized carbons (Fsp3) is 0. The van der Waals surface area contributed by atoms with E-state index in [0.717, 1.165) is 25.2 Å². The quantitative estimate of drug-likeness (QED) is 0.470. The molecule has 0 bridgehead atoms. The van der Waals surface area contributed by atoms with Gasteiger partial charge >= 0.3 is 0 Å². The van der Waals surface area contributed by atoms with Crippen molar-refractivity contribution in [3.8, 4) is 0 Å². The number of nitrogens with one attached hydrogen (secondary N) is 2. The summed E-state index contributed by atoms with van der Waals surface area (Å²) in [4.78, 5) is 2.66. The van der Waals surface area contributed by atoms with Gasteiger partial charge in [-0.2, -0.15) is 0 Å². The van der Waals surface area contributed by atoms with Gasteiger partial charge in [0.1, 0.15) is 10.8 Å². The van der Waals surface area contributed by atoms with Crippen LogP contribution < -0.4 is 10.2 Å². The molecule has 0 saturated heterocycles. The number of benzene rings is 2. The number of anilines is 3. The molecular formula is C14H8BrCl2FN2S. The monoisotopic (exact) mass is 404 g/mol. The van der Waals surface area contributed by atoms with Crippen molar-refractivity contribution in [1.29, 1.82) is 0 Å². The SMILES string of the molecule is Fc1ccc(Nc2c(NCl)sc3c(Br)cccc23)cc1Cl. The van der Waals surface area contributed by atoms with E-state index in [1.54, 1.807) is 6.07 Å². The highest BCUT2D eigenvalue weighted by molar-refractivity contribution is 9.10. The third-order valence-electron chi connectivity index (χ3n) is 2.94. The van der Waals surface area contributed by atoms with Gasteiger partial charge in [0, 0.05) is 27.3 Å². The van der Waals surface area contributed by atoms with Crippen LogP contribution in [-0.2, 0) is 0 Å². The maximum atomic E-state index is 13.2. The summed E-state index contributed by atoms with van der Waals surface area (Å²) in [6.07, 6.45) is 0. The van der Waals surface area contributed by atoms with Crippen molar-refractivity contribution >= 4 is 77.1 Å². The van der Waals surface area contributed by atoms with Gasteiger partial charge in [0.15, 0.2) is 0 Å². The van der Waals surface area contributed by atoms with Crippen LogP contribution in [0.1, 0.15) is 0 Å². The first-order valence-electron chi connectivity index (χ1n) is 5.90. The lowest BCUT2D eigenvalue weighted by molar-refractivity contribution is 0.628. The highest BCUT2D eigenvalue weighted by Gasteiger charge is 2.14. The third kappa shape index (κ3) is 2.83. The molecule has 108 valence electrons. The summed E-state index contributed by atoms with van der Waals surface area (Å²) >= 11 is 16.6. The first-order valence-corrected chi connectivity index (χ1v) is 8.26. The molecule has 0 spiro atoms. The Balaban J connectivity index is 2.10. The third-order valence-corrected chi connectivity index (χ3v) is 5.61. The number of fused-ring (bicyclic) bond motifs is 1. The molecule has 2 N–H and O–H groups in total. The standard InChI is InChI=1S/C14H8BrCl2FN2S/c15-9-3-1-2-8-12(14(20-17)21-13(8)9)19-7-4-5-11(18)10(16)6-7/h1-6,19-20H. The van der Waals surface area contributed by atoms with Crippen LogP contribution in [-0.4, -0.2) is 0 Å². The Hall–Kier alpha value is -1.01. The number of halogens is 4. The summed E-state index contributed by atoms with van der Waals surface area (Å²) in [5.74, 6) is -0.448. The minimum Gasteiger partial charge on any atom is -0.353 e. The predicted octanol–water partition coefficient (Wildman–Crippen LogP) is 6.77. The lowest BCUT2D eigenvalue weighted by Gasteiger charge is -2.08. The van der Waals surface area contributed by atoms with E-state index >= 15 is 0 Å². The van der Waals surface area contributed by atoms with E-state index in [1.165, 1.54) is 23.5 Å². The smallest absolute Gasteiger partial charge is 0.141 e. The highest BCUT2D eigenvalue weighted by Crippen LogP contribution is 2.44. The zero-order valence-electron chi connectivity index (χ0n) is 10.4. The summed E-state index contributed by atoms with van der Waals surface area (Å²) in [5.41, 5.74) is 1.52. The molecule has 21 heavy (non-hydrogen) atoms. The van der Waals surface area contributed by atoms with E-state index in [-0.39, 0.29) is 5.02 Å². The van der Waals surface area contributed by atoms with Crippen LogP contribution in [0.2, 0.25) is 5.02 Å². The lowest BCUT2D eigenvalue weighted by atomic mass is 10.2. The Bertz CT molecular complexity index is 822. The average molecular weight is 406 g/mol. The topological polar surface area (TPSA) is 24.1 Å². The molecule has 7 heteroatoms. The van der Waals surface area contributed by atoms with E-state index in [4.69, 9.17) is 23.4 Å². The second-order valence-corrected chi connectivity index (χ2v) is 6.74. The van der Waals surface area contributed by atoms with Crippen molar-refractivity contribution in [2.75, 3.05) is 10.2 Å². The molecule has 0 amide bonds. The maximum Gasteiger partial charge on any atom is 0.141 e. The van der Waals surface area contributed by atoms with Crippen molar-refractivity contribution in [3.05, 3.63) is 51.7 Å². The minimum absolute atomic E-state index is 0.0705. The molecule has 2 aromatic carbocycles. The Morgan fingerprint density at radius 3 is 2.71 bits per heavy atom. The summed E-state index contributed by atoms with van der Waals surface area (Å²) in [6, 6.07) is 10.4. The van der Waals surface area contributed by atoms with E-state index in [1.807, 2.05) is 18.2 Å². The number of hydrogen-bond acceptors (Lipinski definition) is 3. The zero-order chi connectivity index (χ0) is 15.0. The molecule has 0 aliphatic rings. The largest absolute Gasteiger partial charge is 0.353 e. The molecule has 0 aliphatic heterocycles. The molecule has 0 fully saturated rings. The van der Waals surface area contributed by atoms with Crippen LogP contribution in [0.25, 0.3) is 10.1 Å². The van der Waals surface area contributed by atoms with E-state index in [0.29, 0.717) is 5.69 Å². The summed E-state index contributed by atoms with van der Waals surface area (Å²) in [5, 5.41) is 5.09. The van der Waals surface area contributed by atoms with Gasteiger partial charge in [0.05, 0.1) is 15.4 Å². The molecule has 0 atom stereocenters. The van der Waals surface area contributed by atoms with Gasteiger partial charge < -0.3 is 5.32 Å². The molecule has 0 radical (unpaired) electrons. The lowest BCUT2D eigenvalue weighted by Crippen LogP contribution is -1.92. The predicted molar refractivity (Wildman–Crippen MR) is 93.7 cm³/mol. The van der Waals surface area contributed by atoms with Gasteiger partial charge in [0.2, 0.25) is 0 Å². The van der Waals surface area contributed by atoms with Gasteiger partial charge in [-0.3, -0.25) is 4.84 Å². The molecule has 0 aliphatic carbocycles. The highest BCUT2D eigenvalue weighted by atomic mass is 79.9. The second kappa shape index (κ2) is 6.01. The van der Waals surface area contributed by atoms with Gasteiger partial charge in [-0.15, -0.1) is 11.3 Å². The summed E-state index contributed by atoms with van der Waals surface area (Å²) in [6.45, 7) is 0. The zero-order valence-corrected chi connectivity index (χ0v) is 14.3. The van der Waals surface area contributed by atoms with Crippen LogP contribution in [0.15, 0.2) is 40.9 Å². The molecule has 2 nitrogen and oxygen atoms in total. The van der Waals surface area contributed by atoms with Crippen LogP contribution in [0, 0.1) is 5.82 Å². The molecule has 0 saturated carbocycles. The molecular weight excluding hydrogens is 398 g/mol. The Morgan fingerprint density at radius 2 is 2.00 bits per heavy atom. The Labute approximate surface area is 143 Å². The number of rotatable bonds is 3. The van der Waals surface area contributed by atoms with Gasteiger partial charge in [-0.25, -0.2) is 4.39 Å². The van der Waals surface area contributed by atoms with E-state index in [9.17, 15) is 4.39 Å². The normalized spacial score (nSPS) is 10.9. The molecule has 1 heterocycles. The van der Waals surface area contributed by atoms with E-state index < -0.39 is 5.82 Å². The molecule has 1 aromatic heterocycles. The molecule has 0 unspecified atom stereocenters. The van der Waals surface area contributed by atoms with Crippen LogP contribution in [0.3, 0.4) is 0 Å². The molecule has 3 aromatic rings. The van der Waals surface area contributed by atoms with Crippen molar-refractivity contribution < 1.29 is 4.39 Å². The minimum atomic E-state index is -0.448. The van der Waals surface area contributed by atoms with Crippen molar-refractivity contribution in [3.63, 3.8) is 0 Å². The van der Waals surface area contributed by atoms with Crippen LogP contribution in [0.4, 0.5) is 20.8 Å². The second-order valence-electron chi connectivity index (χ2n) is 4.27. The first-order chi connectivity index (χ1) is 10.1. The Kier molecular flexibility index (Phi) is 4.26. The van der Waals surface area contributed by atoms with Crippen LogP contribution in [0.5, 0.6) is 0 Å². The van der Waals surface area contributed by atoms with Gasteiger partial charge in [-0.1, -0.05) is 23.7 Å². The van der Waals surface area contributed by atoms with Crippen molar-refractivity contribution in [1.82, 2.24) is 0 Å². The first kappa shape index (κ1) is 14.9. The van der Waals surface area contributed by atoms with Crippen LogP contribution >= 0.6 is 50.6 Å². The number of thiophene rings is 1. The van der Waals surface area contributed by atoms with Gasteiger partial charge in [-0.05, 0) is 40.2 Å². The number of hydrogen-bond donors (Lipinski definition) is 2. The van der Waals surface area contributed by atoms with E-state index in [2.05, 4.69) is 26.1 Å². The maximum absolute atomic E-state index is 13.2. The Morgan fingerprint density at radius 1 is 1.19 bits per heavy atom. The molecule has 3 rings (SSSR count). The average Bonchev–Trinajstić information content (AvgIpc) is 2.83.